The molecular weight excluding hydrogens is 440 g/mol. The van der Waals surface area contributed by atoms with Crippen molar-refractivity contribution >= 4 is 36.3 Å². The van der Waals surface area contributed by atoms with Crippen LogP contribution in [0.2, 0.25) is 18.1 Å². The summed E-state index contributed by atoms with van der Waals surface area (Å²) < 4.78 is 23.3. The van der Waals surface area contributed by atoms with Crippen LogP contribution in [0.4, 0.5) is 0 Å². The molecule has 0 aliphatic carbocycles. The molecule has 1 aromatic rings. The molecule has 1 rings (SSSR count). The van der Waals surface area contributed by atoms with E-state index in [2.05, 4.69) is 56.4 Å². The van der Waals surface area contributed by atoms with E-state index in [9.17, 15) is 4.79 Å². The number of benzene rings is 1. The van der Waals surface area contributed by atoms with Crippen LogP contribution in [0.1, 0.15) is 33.3 Å². The van der Waals surface area contributed by atoms with E-state index in [4.69, 9.17) is 18.6 Å². The van der Waals surface area contributed by atoms with Crippen molar-refractivity contribution in [1.82, 2.24) is 0 Å². The van der Waals surface area contributed by atoms with Crippen LogP contribution in [0.5, 0.6) is 11.5 Å². The third-order valence-electron chi connectivity index (χ3n) is 4.54. The quantitative estimate of drug-likeness (QED) is 0.147. The van der Waals surface area contributed by atoms with Crippen molar-refractivity contribution in [1.29, 1.82) is 0 Å². The summed E-state index contributed by atoms with van der Waals surface area (Å²) in [7, 11) is -0.659. The Morgan fingerprint density at radius 3 is 2.43 bits per heavy atom. The van der Waals surface area contributed by atoms with E-state index >= 15 is 0 Å². The average molecular weight is 471 g/mol. The van der Waals surface area contributed by atoms with Crippen molar-refractivity contribution in [3.63, 3.8) is 0 Å². The molecular formula is C21H31BrO5Si. The molecule has 0 atom stereocenters. The Balaban J connectivity index is 3.42. The van der Waals surface area contributed by atoms with E-state index in [0.717, 1.165) is 5.56 Å². The molecule has 0 radical (unpaired) electrons. The number of carbonyl (C=O) groups is 1. The molecule has 7 heteroatoms. The maximum Gasteiger partial charge on any atom is 0.372 e. The van der Waals surface area contributed by atoms with Crippen molar-refractivity contribution in [2.45, 2.75) is 45.8 Å². The smallest absolute Gasteiger partial charge is 0.372 e. The number of hydrogen-bond acceptors (Lipinski definition) is 5. The van der Waals surface area contributed by atoms with Gasteiger partial charge in [-0.15, -0.1) is 0 Å². The molecule has 5 nitrogen and oxygen atoms in total. The van der Waals surface area contributed by atoms with Crippen LogP contribution in [-0.4, -0.2) is 34.6 Å². The van der Waals surface area contributed by atoms with Crippen LogP contribution >= 0.6 is 15.9 Å². The lowest BCUT2D eigenvalue weighted by molar-refractivity contribution is -0.141. The van der Waals surface area contributed by atoms with Gasteiger partial charge in [0.1, 0.15) is 6.61 Å². The first-order chi connectivity index (χ1) is 13.0. The standard InChI is InChI=1S/C21H31BrO5Si/c1-9-11-26-17-13-15(12-16(22)19(17)24-6)14-18(20(23)25-10-2)27-28(7,8)21(3,4)5/h9,12-14H,1,10-11H2,2-8H3/b18-14-. The van der Waals surface area contributed by atoms with Crippen molar-refractivity contribution in [3.8, 4) is 11.5 Å². The van der Waals surface area contributed by atoms with Gasteiger partial charge in [0.05, 0.1) is 18.2 Å². The lowest BCUT2D eigenvalue weighted by atomic mass is 10.1. The van der Waals surface area contributed by atoms with Gasteiger partial charge in [0.2, 0.25) is 0 Å². The number of rotatable bonds is 9. The molecule has 0 unspecified atom stereocenters. The predicted octanol–water partition coefficient (Wildman–Crippen LogP) is 5.95. The zero-order valence-corrected chi connectivity index (χ0v) is 20.4. The molecule has 0 bridgehead atoms. The average Bonchev–Trinajstić information content (AvgIpc) is 2.58. The molecule has 0 fully saturated rings. The van der Waals surface area contributed by atoms with E-state index in [-0.39, 0.29) is 17.4 Å². The summed E-state index contributed by atoms with van der Waals surface area (Å²) in [5.74, 6) is 0.827. The SMILES string of the molecule is C=CCOc1cc(/C=C(\O[Si](C)(C)C(C)(C)C)C(=O)OCC)cc(Br)c1OC. The highest BCUT2D eigenvalue weighted by Gasteiger charge is 2.40. The van der Waals surface area contributed by atoms with Crippen LogP contribution in [0.15, 0.2) is 35.0 Å². The Labute approximate surface area is 178 Å². The van der Waals surface area contributed by atoms with Gasteiger partial charge >= 0.3 is 5.97 Å². The van der Waals surface area contributed by atoms with Crippen LogP contribution in [0.25, 0.3) is 6.08 Å². The zero-order valence-electron chi connectivity index (χ0n) is 17.8. The Morgan fingerprint density at radius 2 is 1.93 bits per heavy atom. The van der Waals surface area contributed by atoms with E-state index in [0.29, 0.717) is 22.6 Å². The highest BCUT2D eigenvalue weighted by molar-refractivity contribution is 9.10. The first-order valence-electron chi connectivity index (χ1n) is 9.15. The molecule has 0 aromatic heterocycles. The first-order valence-corrected chi connectivity index (χ1v) is 12.9. The molecule has 28 heavy (non-hydrogen) atoms. The number of halogens is 1. The van der Waals surface area contributed by atoms with Crippen molar-refractivity contribution in [2.24, 2.45) is 0 Å². The summed E-state index contributed by atoms with van der Waals surface area (Å²) in [4.78, 5) is 12.5. The second kappa shape index (κ2) is 10.2. The minimum atomic E-state index is -2.23. The molecule has 0 saturated carbocycles. The molecule has 0 aliphatic heterocycles. The minimum absolute atomic E-state index is 0.0582. The van der Waals surface area contributed by atoms with Crippen molar-refractivity contribution < 1.29 is 23.4 Å². The molecule has 0 aliphatic rings. The monoisotopic (exact) mass is 470 g/mol. The predicted molar refractivity (Wildman–Crippen MR) is 119 cm³/mol. The summed E-state index contributed by atoms with van der Waals surface area (Å²) in [5, 5.41) is -0.0582. The van der Waals surface area contributed by atoms with Gasteiger partial charge in [0.25, 0.3) is 8.32 Å². The van der Waals surface area contributed by atoms with Crippen LogP contribution in [0, 0.1) is 0 Å². The third-order valence-corrected chi connectivity index (χ3v) is 9.47. The van der Waals surface area contributed by atoms with Gasteiger partial charge in [0, 0.05) is 0 Å². The van der Waals surface area contributed by atoms with Crippen LogP contribution in [-0.2, 0) is 14.0 Å². The first kappa shape index (κ1) is 24.3. The molecule has 0 spiro atoms. The Hall–Kier alpha value is -1.73. The Kier molecular flexibility index (Phi) is 8.82. The summed E-state index contributed by atoms with van der Waals surface area (Å²) in [6.45, 7) is 16.6. The lowest BCUT2D eigenvalue weighted by Crippen LogP contribution is -2.41. The summed E-state index contributed by atoms with van der Waals surface area (Å²) >= 11 is 3.49. The van der Waals surface area contributed by atoms with Gasteiger partial charge in [0.15, 0.2) is 17.3 Å². The fourth-order valence-electron chi connectivity index (χ4n) is 2.04. The minimum Gasteiger partial charge on any atom is -0.539 e. The van der Waals surface area contributed by atoms with E-state index in [1.165, 1.54) is 0 Å². The maximum absolute atomic E-state index is 12.5. The molecule has 156 valence electrons. The maximum atomic E-state index is 12.5. The number of methoxy groups -OCH3 is 1. The topological polar surface area (TPSA) is 54.0 Å². The van der Waals surface area contributed by atoms with Crippen LogP contribution < -0.4 is 9.47 Å². The van der Waals surface area contributed by atoms with E-state index < -0.39 is 14.3 Å². The van der Waals surface area contributed by atoms with Gasteiger partial charge in [-0.2, -0.15) is 0 Å². The van der Waals surface area contributed by atoms with Gasteiger partial charge < -0.3 is 18.6 Å². The second-order valence-corrected chi connectivity index (χ2v) is 13.3. The Morgan fingerprint density at radius 1 is 1.29 bits per heavy atom. The van der Waals surface area contributed by atoms with Gasteiger partial charge in [-0.3, -0.25) is 0 Å². The summed E-state index contributed by atoms with van der Waals surface area (Å²) in [6, 6.07) is 3.63. The third kappa shape index (κ3) is 6.41. The van der Waals surface area contributed by atoms with Gasteiger partial charge in [-0.25, -0.2) is 4.79 Å². The molecule has 0 N–H and O–H groups in total. The highest BCUT2D eigenvalue weighted by atomic mass is 79.9. The van der Waals surface area contributed by atoms with E-state index in [1.807, 2.05) is 6.07 Å². The number of ether oxygens (including phenoxy) is 3. The van der Waals surface area contributed by atoms with Crippen LogP contribution in [0.3, 0.4) is 0 Å². The fraction of sp³-hybridized carbons (Fsp3) is 0.476. The second-order valence-electron chi connectivity index (χ2n) is 7.73. The van der Waals surface area contributed by atoms with Crippen molar-refractivity contribution in [2.75, 3.05) is 20.3 Å². The van der Waals surface area contributed by atoms with Gasteiger partial charge in [-0.1, -0.05) is 33.4 Å². The number of carbonyl (C=O) groups excluding carboxylic acids is 1. The normalized spacial score (nSPS) is 12.4. The largest absolute Gasteiger partial charge is 0.539 e. The number of esters is 1. The zero-order chi connectivity index (χ0) is 21.5. The van der Waals surface area contributed by atoms with E-state index in [1.54, 1.807) is 32.3 Å². The van der Waals surface area contributed by atoms with Crippen molar-refractivity contribution in [3.05, 3.63) is 40.6 Å². The fourth-order valence-corrected chi connectivity index (χ4v) is 3.66. The molecule has 0 heterocycles. The molecule has 0 saturated heterocycles. The lowest BCUT2D eigenvalue weighted by Gasteiger charge is -2.36. The summed E-state index contributed by atoms with van der Waals surface area (Å²) in [6.07, 6.45) is 3.34. The summed E-state index contributed by atoms with van der Waals surface area (Å²) in [5.41, 5.74) is 0.730. The molecule has 0 amide bonds. The Bertz CT molecular complexity index is 735. The highest BCUT2D eigenvalue weighted by Crippen LogP contribution is 2.40. The number of hydrogen-bond donors (Lipinski definition) is 0. The van der Waals surface area contributed by atoms with Gasteiger partial charge in [-0.05, 0) is 64.8 Å². The molecule has 1 aromatic carbocycles.